The Bertz CT molecular complexity index is 697. The number of carbonyl (C=O) groups is 2. The van der Waals surface area contributed by atoms with Crippen molar-refractivity contribution in [1.29, 1.82) is 0 Å². The molecule has 0 aromatic heterocycles. The van der Waals surface area contributed by atoms with Crippen LogP contribution in [0.1, 0.15) is 28.4 Å². The van der Waals surface area contributed by atoms with Gasteiger partial charge in [0.15, 0.2) is 0 Å². The van der Waals surface area contributed by atoms with Crippen molar-refractivity contribution < 1.29 is 19.1 Å². The second-order valence-corrected chi connectivity index (χ2v) is 4.91. The van der Waals surface area contributed by atoms with Gasteiger partial charge in [-0.3, -0.25) is 0 Å². The van der Waals surface area contributed by atoms with Crippen LogP contribution in [-0.2, 0) is 9.53 Å². The summed E-state index contributed by atoms with van der Waals surface area (Å²) < 4.78 is 10.1. The van der Waals surface area contributed by atoms with Crippen LogP contribution >= 0.6 is 0 Å². The molecule has 23 heavy (non-hydrogen) atoms. The fraction of sp³-hybridized carbons (Fsp3) is 0.158. The highest BCUT2D eigenvalue weighted by Gasteiger charge is 2.07. The highest BCUT2D eigenvalue weighted by atomic mass is 16.5. The van der Waals surface area contributed by atoms with E-state index in [-0.39, 0.29) is 0 Å². The fourth-order valence-corrected chi connectivity index (χ4v) is 1.87. The maximum absolute atomic E-state index is 11.8. The van der Waals surface area contributed by atoms with Gasteiger partial charge >= 0.3 is 11.9 Å². The molecule has 0 heterocycles. The summed E-state index contributed by atoms with van der Waals surface area (Å²) in [5, 5.41) is 0. The standard InChI is InChI=1S/C19H18O4/c1-3-22-19(21)16-9-11-17(12-10-16)23-18(20)13-8-15-6-4-14(2)5-7-15/h4-13H,3H2,1-2H3/b13-8+. The molecule has 0 aliphatic carbocycles. The summed E-state index contributed by atoms with van der Waals surface area (Å²) in [4.78, 5) is 23.3. The summed E-state index contributed by atoms with van der Waals surface area (Å²) in [5.74, 6) is -0.504. The van der Waals surface area contributed by atoms with Crippen LogP contribution in [0.2, 0.25) is 0 Å². The van der Waals surface area contributed by atoms with Gasteiger partial charge in [0, 0.05) is 6.08 Å². The summed E-state index contributed by atoms with van der Waals surface area (Å²) in [6.45, 7) is 4.06. The number of carbonyl (C=O) groups excluding carboxylic acids is 2. The molecule has 0 N–H and O–H groups in total. The molecule has 118 valence electrons. The van der Waals surface area contributed by atoms with Crippen molar-refractivity contribution in [3.05, 3.63) is 71.3 Å². The van der Waals surface area contributed by atoms with Crippen molar-refractivity contribution in [2.75, 3.05) is 6.61 Å². The topological polar surface area (TPSA) is 52.6 Å². The summed E-state index contributed by atoms with van der Waals surface area (Å²) in [6, 6.07) is 14.0. The molecule has 0 amide bonds. The first kappa shape index (κ1) is 16.5. The normalized spacial score (nSPS) is 10.5. The third-order valence-corrected chi connectivity index (χ3v) is 3.07. The molecule has 0 aliphatic heterocycles. The number of aryl methyl sites for hydroxylation is 1. The Morgan fingerprint density at radius 3 is 2.26 bits per heavy atom. The molecule has 0 saturated heterocycles. The van der Waals surface area contributed by atoms with E-state index in [0.717, 1.165) is 11.1 Å². The fourth-order valence-electron chi connectivity index (χ4n) is 1.87. The van der Waals surface area contributed by atoms with Crippen molar-refractivity contribution >= 4 is 18.0 Å². The maximum Gasteiger partial charge on any atom is 0.338 e. The first-order chi connectivity index (χ1) is 11.1. The quantitative estimate of drug-likeness (QED) is 0.479. The molecule has 0 spiro atoms. The smallest absolute Gasteiger partial charge is 0.338 e. The largest absolute Gasteiger partial charge is 0.462 e. The average Bonchev–Trinajstić information content (AvgIpc) is 2.55. The van der Waals surface area contributed by atoms with Crippen LogP contribution in [0.3, 0.4) is 0 Å². The predicted octanol–water partition coefficient (Wildman–Crippen LogP) is 3.79. The highest BCUT2D eigenvalue weighted by Crippen LogP contribution is 2.14. The second-order valence-electron chi connectivity index (χ2n) is 4.91. The molecule has 2 aromatic carbocycles. The van der Waals surface area contributed by atoms with Gasteiger partial charge in [-0.15, -0.1) is 0 Å². The molecule has 0 bridgehead atoms. The SMILES string of the molecule is CCOC(=O)c1ccc(OC(=O)/C=C/c2ccc(C)cc2)cc1. The zero-order valence-corrected chi connectivity index (χ0v) is 13.1. The van der Waals surface area contributed by atoms with E-state index in [1.54, 1.807) is 37.3 Å². The van der Waals surface area contributed by atoms with E-state index in [1.807, 2.05) is 31.2 Å². The molecule has 0 radical (unpaired) electrons. The number of hydrogen-bond donors (Lipinski definition) is 0. The molecular formula is C19H18O4. The van der Waals surface area contributed by atoms with Gasteiger partial charge < -0.3 is 9.47 Å². The Morgan fingerprint density at radius 1 is 1.00 bits per heavy atom. The van der Waals surface area contributed by atoms with Crippen LogP contribution in [-0.4, -0.2) is 18.5 Å². The Hall–Kier alpha value is -2.88. The van der Waals surface area contributed by atoms with Gasteiger partial charge in [0.2, 0.25) is 0 Å². The zero-order chi connectivity index (χ0) is 16.7. The number of ether oxygens (including phenoxy) is 2. The minimum atomic E-state index is -0.477. The van der Waals surface area contributed by atoms with Gasteiger partial charge in [-0.05, 0) is 49.8 Å². The molecule has 0 saturated carbocycles. The van der Waals surface area contributed by atoms with Crippen LogP contribution in [0.5, 0.6) is 5.75 Å². The maximum atomic E-state index is 11.8. The lowest BCUT2D eigenvalue weighted by atomic mass is 10.1. The molecule has 0 aliphatic rings. The van der Waals surface area contributed by atoms with Crippen molar-refractivity contribution in [2.45, 2.75) is 13.8 Å². The van der Waals surface area contributed by atoms with Crippen molar-refractivity contribution in [3.8, 4) is 5.75 Å². The van der Waals surface area contributed by atoms with Gasteiger partial charge in [0.05, 0.1) is 12.2 Å². The predicted molar refractivity (Wildman–Crippen MR) is 88.2 cm³/mol. The van der Waals surface area contributed by atoms with E-state index in [1.165, 1.54) is 6.08 Å². The van der Waals surface area contributed by atoms with E-state index in [9.17, 15) is 9.59 Å². The summed E-state index contributed by atoms with van der Waals surface area (Å²) >= 11 is 0. The molecule has 0 unspecified atom stereocenters. The molecule has 2 rings (SSSR count). The van der Waals surface area contributed by atoms with Crippen LogP contribution in [0, 0.1) is 6.92 Å². The molecule has 2 aromatic rings. The first-order valence-electron chi connectivity index (χ1n) is 7.32. The highest BCUT2D eigenvalue weighted by molar-refractivity contribution is 5.90. The summed E-state index contributed by atoms with van der Waals surface area (Å²) in [5.41, 5.74) is 2.50. The van der Waals surface area contributed by atoms with Crippen molar-refractivity contribution in [3.63, 3.8) is 0 Å². The second kappa shape index (κ2) is 7.94. The monoisotopic (exact) mass is 310 g/mol. The number of benzene rings is 2. The van der Waals surface area contributed by atoms with Gasteiger partial charge in [-0.1, -0.05) is 29.8 Å². The molecule has 0 fully saturated rings. The Morgan fingerprint density at radius 2 is 1.65 bits per heavy atom. The lowest BCUT2D eigenvalue weighted by Gasteiger charge is -2.04. The summed E-state index contributed by atoms with van der Waals surface area (Å²) in [7, 11) is 0. The van der Waals surface area contributed by atoms with Gasteiger partial charge in [-0.25, -0.2) is 9.59 Å². The van der Waals surface area contributed by atoms with Gasteiger partial charge in [0.25, 0.3) is 0 Å². The molecule has 0 atom stereocenters. The minimum absolute atomic E-state index is 0.319. The summed E-state index contributed by atoms with van der Waals surface area (Å²) in [6.07, 6.45) is 3.05. The Labute approximate surface area is 135 Å². The van der Waals surface area contributed by atoms with E-state index in [2.05, 4.69) is 0 Å². The van der Waals surface area contributed by atoms with Crippen molar-refractivity contribution in [1.82, 2.24) is 0 Å². The van der Waals surface area contributed by atoms with E-state index < -0.39 is 11.9 Å². The lowest BCUT2D eigenvalue weighted by Crippen LogP contribution is -2.06. The van der Waals surface area contributed by atoms with E-state index in [4.69, 9.17) is 9.47 Å². The Balaban J connectivity index is 1.94. The van der Waals surface area contributed by atoms with E-state index in [0.29, 0.717) is 17.9 Å². The average molecular weight is 310 g/mol. The first-order valence-corrected chi connectivity index (χ1v) is 7.32. The third-order valence-electron chi connectivity index (χ3n) is 3.07. The third kappa shape index (κ3) is 5.11. The number of rotatable bonds is 5. The number of esters is 2. The van der Waals surface area contributed by atoms with E-state index >= 15 is 0 Å². The van der Waals surface area contributed by atoms with Crippen LogP contribution in [0.4, 0.5) is 0 Å². The van der Waals surface area contributed by atoms with Crippen LogP contribution in [0.25, 0.3) is 6.08 Å². The molecule has 4 heteroatoms. The van der Waals surface area contributed by atoms with Crippen LogP contribution < -0.4 is 4.74 Å². The molecular weight excluding hydrogens is 292 g/mol. The number of hydrogen-bond acceptors (Lipinski definition) is 4. The molecule has 4 nitrogen and oxygen atoms in total. The van der Waals surface area contributed by atoms with Gasteiger partial charge in [0.1, 0.15) is 5.75 Å². The van der Waals surface area contributed by atoms with Crippen molar-refractivity contribution in [2.24, 2.45) is 0 Å². The van der Waals surface area contributed by atoms with Gasteiger partial charge in [-0.2, -0.15) is 0 Å². The minimum Gasteiger partial charge on any atom is -0.462 e. The van der Waals surface area contributed by atoms with Crippen LogP contribution in [0.15, 0.2) is 54.6 Å². The zero-order valence-electron chi connectivity index (χ0n) is 13.1. The lowest BCUT2D eigenvalue weighted by molar-refractivity contribution is -0.128. The Kier molecular flexibility index (Phi) is 5.69.